The summed E-state index contributed by atoms with van der Waals surface area (Å²) < 4.78 is 0. The van der Waals surface area contributed by atoms with Crippen molar-refractivity contribution in [1.82, 2.24) is 0 Å². The van der Waals surface area contributed by atoms with Crippen LogP contribution in [0.2, 0.25) is 0 Å². The number of para-hydroxylation sites is 2. The second kappa shape index (κ2) is 9.17. The number of fused-ring (bicyclic) bond motifs is 5. The number of benzene rings is 5. The predicted molar refractivity (Wildman–Crippen MR) is 153 cm³/mol. The third-order valence-corrected chi connectivity index (χ3v) is 8.01. The molecule has 0 saturated heterocycles. The smallest absolute Gasteiger partial charge is 0.0540 e. The van der Waals surface area contributed by atoms with Gasteiger partial charge < -0.3 is 4.90 Å². The zero-order valence-electron chi connectivity index (χ0n) is 21.0. The highest BCUT2D eigenvalue weighted by Crippen LogP contribution is 2.50. The van der Waals surface area contributed by atoms with Crippen molar-refractivity contribution >= 4 is 17.1 Å². The molecule has 176 valence electrons. The van der Waals surface area contributed by atoms with Crippen molar-refractivity contribution in [2.24, 2.45) is 0 Å². The molecule has 5 aromatic carbocycles. The molecule has 0 saturated carbocycles. The van der Waals surface area contributed by atoms with E-state index in [1.54, 1.807) is 0 Å². The van der Waals surface area contributed by atoms with Gasteiger partial charge in [0.05, 0.1) is 11.4 Å². The maximum Gasteiger partial charge on any atom is 0.0540 e. The first-order valence-corrected chi connectivity index (χ1v) is 13.0. The van der Waals surface area contributed by atoms with E-state index in [9.17, 15) is 0 Å². The molecule has 0 fully saturated rings. The Kier molecular flexibility index (Phi) is 5.70. The Labute approximate surface area is 214 Å². The van der Waals surface area contributed by atoms with Crippen molar-refractivity contribution in [3.8, 4) is 22.3 Å². The predicted octanol–water partition coefficient (Wildman–Crippen LogP) is 9.91. The molecule has 36 heavy (non-hydrogen) atoms. The Bertz CT molecular complexity index is 1430. The van der Waals surface area contributed by atoms with E-state index in [0.29, 0.717) is 0 Å². The average molecular weight is 466 g/mol. The molecule has 1 heterocycles. The van der Waals surface area contributed by atoms with Gasteiger partial charge in [-0.25, -0.2) is 0 Å². The topological polar surface area (TPSA) is 3.24 Å². The van der Waals surface area contributed by atoms with Crippen LogP contribution in [0.25, 0.3) is 22.3 Å². The van der Waals surface area contributed by atoms with E-state index in [4.69, 9.17) is 0 Å². The van der Waals surface area contributed by atoms with E-state index in [-0.39, 0.29) is 5.41 Å². The maximum atomic E-state index is 2.43. The quantitative estimate of drug-likeness (QED) is 0.245. The van der Waals surface area contributed by atoms with Crippen molar-refractivity contribution in [3.05, 3.63) is 139 Å². The van der Waals surface area contributed by atoms with Crippen LogP contribution in [0.5, 0.6) is 0 Å². The summed E-state index contributed by atoms with van der Waals surface area (Å²) in [4.78, 5) is 2.43. The van der Waals surface area contributed by atoms with Gasteiger partial charge in [-0.2, -0.15) is 0 Å². The zero-order chi connectivity index (χ0) is 24.5. The van der Waals surface area contributed by atoms with E-state index in [0.717, 1.165) is 12.8 Å². The van der Waals surface area contributed by atoms with E-state index in [1.807, 2.05) is 0 Å². The summed E-state index contributed by atoms with van der Waals surface area (Å²) in [6.45, 7) is 4.62. The van der Waals surface area contributed by atoms with Gasteiger partial charge in [-0.05, 0) is 59.4 Å². The number of hydrogen-bond acceptors (Lipinski definition) is 1. The molecule has 0 atom stereocenters. The lowest BCUT2D eigenvalue weighted by Gasteiger charge is -2.34. The highest BCUT2D eigenvalue weighted by atomic mass is 15.1. The van der Waals surface area contributed by atoms with Crippen molar-refractivity contribution < 1.29 is 0 Å². The molecule has 1 nitrogen and oxygen atoms in total. The number of nitrogens with zero attached hydrogens (tertiary/aromatic N) is 1. The largest absolute Gasteiger partial charge is 0.309 e. The van der Waals surface area contributed by atoms with E-state index in [2.05, 4.69) is 146 Å². The van der Waals surface area contributed by atoms with E-state index < -0.39 is 0 Å². The molecule has 0 radical (unpaired) electrons. The van der Waals surface area contributed by atoms with E-state index in [1.165, 1.54) is 50.4 Å². The first-order chi connectivity index (χ1) is 17.8. The Hall–Kier alpha value is -4.10. The lowest BCUT2D eigenvalue weighted by molar-refractivity contribution is 0.478. The molecule has 5 aromatic rings. The van der Waals surface area contributed by atoms with Gasteiger partial charge in [0.25, 0.3) is 0 Å². The molecular formula is C35H31N. The standard InChI is InChI=1S/C35H31N/c1-3-35(4-2,26-14-6-5-7-15-26)27-22-24-28(25-23-27)36-33-20-12-10-18-31(33)29-16-8-9-17-30(29)32-19-11-13-21-34(32)36/h5-25H,3-4H2,1-2H3. The van der Waals surface area contributed by atoms with Crippen LogP contribution in [0, 0.1) is 0 Å². The Morgan fingerprint density at radius 2 is 0.861 bits per heavy atom. The van der Waals surface area contributed by atoms with Crippen molar-refractivity contribution in [3.63, 3.8) is 0 Å². The molecule has 0 amide bonds. The highest BCUT2D eigenvalue weighted by Gasteiger charge is 2.31. The second-order valence-electron chi connectivity index (χ2n) is 9.62. The van der Waals surface area contributed by atoms with Crippen LogP contribution in [0.15, 0.2) is 127 Å². The summed E-state index contributed by atoms with van der Waals surface area (Å²) in [7, 11) is 0. The monoisotopic (exact) mass is 465 g/mol. The number of hydrogen-bond donors (Lipinski definition) is 0. The molecule has 6 rings (SSSR count). The molecule has 1 aliphatic heterocycles. The molecule has 0 bridgehead atoms. The fourth-order valence-electron chi connectivity index (χ4n) is 6.07. The Balaban J connectivity index is 1.53. The van der Waals surface area contributed by atoms with Crippen LogP contribution in [-0.4, -0.2) is 0 Å². The third-order valence-electron chi connectivity index (χ3n) is 8.01. The molecule has 0 aromatic heterocycles. The minimum Gasteiger partial charge on any atom is -0.309 e. The SMILES string of the molecule is CCC(CC)(c1ccccc1)c1ccc(N2c3ccccc3-c3ccccc3-c3ccccc32)cc1. The van der Waals surface area contributed by atoms with Gasteiger partial charge in [0.2, 0.25) is 0 Å². The Morgan fingerprint density at radius 3 is 1.36 bits per heavy atom. The molecular weight excluding hydrogens is 434 g/mol. The molecule has 0 unspecified atom stereocenters. The van der Waals surface area contributed by atoms with Crippen LogP contribution in [-0.2, 0) is 5.41 Å². The summed E-state index contributed by atoms with van der Waals surface area (Å²) in [6.07, 6.45) is 2.13. The molecule has 0 aliphatic carbocycles. The van der Waals surface area contributed by atoms with Crippen molar-refractivity contribution in [2.45, 2.75) is 32.1 Å². The second-order valence-corrected chi connectivity index (χ2v) is 9.62. The van der Waals surface area contributed by atoms with Crippen LogP contribution in [0.4, 0.5) is 17.1 Å². The lowest BCUT2D eigenvalue weighted by Crippen LogP contribution is -2.26. The van der Waals surface area contributed by atoms with E-state index >= 15 is 0 Å². The maximum absolute atomic E-state index is 2.43. The average Bonchev–Trinajstić information content (AvgIpc) is 3.08. The molecule has 0 N–H and O–H groups in total. The molecule has 1 heteroatoms. The van der Waals surface area contributed by atoms with Gasteiger partial charge in [-0.3, -0.25) is 0 Å². The lowest BCUT2D eigenvalue weighted by atomic mass is 9.70. The van der Waals surface area contributed by atoms with Gasteiger partial charge >= 0.3 is 0 Å². The minimum atomic E-state index is 0.0185. The minimum absolute atomic E-state index is 0.0185. The van der Waals surface area contributed by atoms with Crippen molar-refractivity contribution in [1.29, 1.82) is 0 Å². The van der Waals surface area contributed by atoms with Gasteiger partial charge in [-0.1, -0.05) is 117 Å². The third kappa shape index (κ3) is 3.46. The number of rotatable bonds is 5. The fourth-order valence-corrected chi connectivity index (χ4v) is 6.07. The van der Waals surface area contributed by atoms with Crippen LogP contribution >= 0.6 is 0 Å². The molecule has 0 spiro atoms. The zero-order valence-corrected chi connectivity index (χ0v) is 21.0. The molecule has 1 aliphatic rings. The van der Waals surface area contributed by atoms with Gasteiger partial charge in [0, 0.05) is 22.2 Å². The normalized spacial score (nSPS) is 12.3. The van der Waals surface area contributed by atoms with Crippen LogP contribution in [0.3, 0.4) is 0 Å². The first kappa shape index (κ1) is 22.4. The summed E-state index contributed by atoms with van der Waals surface area (Å²) in [6, 6.07) is 46.6. The summed E-state index contributed by atoms with van der Waals surface area (Å²) >= 11 is 0. The Morgan fingerprint density at radius 1 is 0.444 bits per heavy atom. The van der Waals surface area contributed by atoms with Gasteiger partial charge in [0.1, 0.15) is 0 Å². The van der Waals surface area contributed by atoms with Crippen LogP contribution < -0.4 is 4.90 Å². The summed E-state index contributed by atoms with van der Waals surface area (Å²) in [5.74, 6) is 0. The number of anilines is 3. The fraction of sp³-hybridized carbons (Fsp3) is 0.143. The first-order valence-electron chi connectivity index (χ1n) is 13.0. The van der Waals surface area contributed by atoms with Crippen molar-refractivity contribution in [2.75, 3.05) is 4.90 Å². The summed E-state index contributed by atoms with van der Waals surface area (Å²) in [5, 5.41) is 0. The highest BCUT2D eigenvalue weighted by molar-refractivity contribution is 6.02. The summed E-state index contributed by atoms with van der Waals surface area (Å²) in [5.41, 5.74) is 11.5. The van der Waals surface area contributed by atoms with Gasteiger partial charge in [-0.15, -0.1) is 0 Å². The van der Waals surface area contributed by atoms with Crippen LogP contribution in [0.1, 0.15) is 37.8 Å². The van der Waals surface area contributed by atoms with Gasteiger partial charge in [0.15, 0.2) is 0 Å².